The summed E-state index contributed by atoms with van der Waals surface area (Å²) >= 11 is 0. The van der Waals surface area contributed by atoms with Crippen LogP contribution in [-0.2, 0) is 25.6 Å². The lowest BCUT2D eigenvalue weighted by Crippen LogP contribution is -2.46. The van der Waals surface area contributed by atoms with Gasteiger partial charge in [0, 0.05) is 19.3 Å². The molecule has 0 aliphatic carbocycles. The molecule has 0 unspecified atom stereocenters. The second-order valence-corrected chi connectivity index (χ2v) is 7.76. The van der Waals surface area contributed by atoms with E-state index in [9.17, 15) is 14.4 Å². The molecule has 1 aliphatic rings. The Morgan fingerprint density at radius 1 is 1.16 bits per heavy atom. The molecule has 3 rings (SSSR count). The second kappa shape index (κ2) is 10.8. The molecule has 0 aromatic heterocycles. The first-order chi connectivity index (χ1) is 15.4. The number of hydrogen-bond acceptors (Lipinski definition) is 5. The van der Waals surface area contributed by atoms with Crippen molar-refractivity contribution in [2.75, 3.05) is 25.6 Å². The molecule has 0 spiro atoms. The Morgan fingerprint density at radius 3 is 2.59 bits per heavy atom. The van der Waals surface area contributed by atoms with E-state index in [1.165, 1.54) is 12.0 Å². The number of methoxy groups -OCH3 is 1. The SMILES string of the molecule is CCCNC(=O)[C@H]1[C@@H](c2cccc(NC(=O)COC)c2)OC(=O)N1Cc1ccc(C)cc1. The van der Waals surface area contributed by atoms with Crippen LogP contribution >= 0.6 is 0 Å². The molecule has 8 heteroatoms. The summed E-state index contributed by atoms with van der Waals surface area (Å²) in [5.74, 6) is -0.574. The smallest absolute Gasteiger partial charge is 0.411 e. The molecule has 32 heavy (non-hydrogen) atoms. The molecule has 2 atom stereocenters. The molecular weight excluding hydrogens is 410 g/mol. The van der Waals surface area contributed by atoms with Gasteiger partial charge < -0.3 is 20.1 Å². The Labute approximate surface area is 187 Å². The zero-order valence-electron chi connectivity index (χ0n) is 18.6. The van der Waals surface area contributed by atoms with Crippen molar-refractivity contribution in [1.29, 1.82) is 0 Å². The van der Waals surface area contributed by atoms with E-state index in [0.717, 1.165) is 17.5 Å². The Balaban J connectivity index is 1.88. The highest BCUT2D eigenvalue weighted by Crippen LogP contribution is 2.35. The van der Waals surface area contributed by atoms with E-state index >= 15 is 0 Å². The second-order valence-electron chi connectivity index (χ2n) is 7.76. The molecule has 2 aromatic rings. The third-order valence-electron chi connectivity index (χ3n) is 5.15. The van der Waals surface area contributed by atoms with Crippen LogP contribution in [0.5, 0.6) is 0 Å². The molecule has 0 saturated carbocycles. The third-order valence-corrected chi connectivity index (χ3v) is 5.15. The van der Waals surface area contributed by atoms with Gasteiger partial charge in [-0.05, 0) is 36.6 Å². The molecule has 1 saturated heterocycles. The van der Waals surface area contributed by atoms with Gasteiger partial charge in [0.1, 0.15) is 6.61 Å². The predicted molar refractivity (Wildman–Crippen MR) is 120 cm³/mol. The Kier molecular flexibility index (Phi) is 7.83. The van der Waals surface area contributed by atoms with Crippen LogP contribution in [0.2, 0.25) is 0 Å². The lowest BCUT2D eigenvalue weighted by atomic mass is 10.00. The van der Waals surface area contributed by atoms with E-state index in [2.05, 4.69) is 10.6 Å². The summed E-state index contributed by atoms with van der Waals surface area (Å²) in [5.41, 5.74) is 3.17. The number of aryl methyl sites for hydroxylation is 1. The summed E-state index contributed by atoms with van der Waals surface area (Å²) in [6.45, 7) is 4.63. The molecule has 3 amide bonds. The number of cyclic esters (lactones) is 1. The zero-order chi connectivity index (χ0) is 23.1. The van der Waals surface area contributed by atoms with Gasteiger partial charge in [-0.1, -0.05) is 48.9 Å². The van der Waals surface area contributed by atoms with Gasteiger partial charge in [0.05, 0.1) is 6.54 Å². The number of ether oxygens (including phenoxy) is 2. The first-order valence-corrected chi connectivity index (χ1v) is 10.6. The lowest BCUT2D eigenvalue weighted by molar-refractivity contribution is -0.126. The molecule has 1 aliphatic heterocycles. The zero-order valence-corrected chi connectivity index (χ0v) is 18.6. The molecule has 8 nitrogen and oxygen atoms in total. The monoisotopic (exact) mass is 439 g/mol. The fourth-order valence-corrected chi connectivity index (χ4v) is 3.57. The maximum atomic E-state index is 13.1. The molecule has 0 bridgehead atoms. The predicted octanol–water partition coefficient (Wildman–Crippen LogP) is 3.17. The largest absolute Gasteiger partial charge is 0.438 e. The highest BCUT2D eigenvalue weighted by molar-refractivity contribution is 5.92. The average molecular weight is 440 g/mol. The number of hydrogen-bond donors (Lipinski definition) is 2. The van der Waals surface area contributed by atoms with Crippen LogP contribution in [-0.4, -0.2) is 49.1 Å². The van der Waals surface area contributed by atoms with Crippen LogP contribution in [0.1, 0.15) is 36.1 Å². The molecule has 170 valence electrons. The quantitative estimate of drug-likeness (QED) is 0.626. The number of carbonyl (C=O) groups is 3. The summed E-state index contributed by atoms with van der Waals surface area (Å²) in [5, 5.41) is 5.62. The minimum atomic E-state index is -0.833. The van der Waals surface area contributed by atoms with Gasteiger partial charge in [0.15, 0.2) is 12.1 Å². The van der Waals surface area contributed by atoms with Crippen molar-refractivity contribution in [1.82, 2.24) is 10.2 Å². The maximum Gasteiger partial charge on any atom is 0.411 e. The fraction of sp³-hybridized carbons (Fsp3) is 0.375. The minimum absolute atomic E-state index is 0.0744. The standard InChI is InChI=1S/C24H29N3O5/c1-4-12-25-23(29)21-22(18-6-5-7-19(13-18)26-20(28)15-31-3)32-24(30)27(21)14-17-10-8-16(2)9-11-17/h5-11,13,21-22H,4,12,14-15H2,1-3H3,(H,25,29)(H,26,28)/t21-,22-/m1/s1. The summed E-state index contributed by atoms with van der Waals surface area (Å²) in [4.78, 5) is 39.2. The van der Waals surface area contributed by atoms with E-state index in [-0.39, 0.29) is 25.0 Å². The molecular formula is C24H29N3O5. The van der Waals surface area contributed by atoms with Gasteiger partial charge in [-0.3, -0.25) is 14.5 Å². The average Bonchev–Trinajstić information content (AvgIpc) is 3.10. The van der Waals surface area contributed by atoms with Crippen LogP contribution < -0.4 is 10.6 Å². The first kappa shape index (κ1) is 23.3. The van der Waals surface area contributed by atoms with Crippen LogP contribution in [0.15, 0.2) is 48.5 Å². The van der Waals surface area contributed by atoms with Gasteiger partial charge in [-0.25, -0.2) is 4.79 Å². The van der Waals surface area contributed by atoms with Crippen LogP contribution in [0.3, 0.4) is 0 Å². The topological polar surface area (TPSA) is 97.0 Å². The molecule has 0 radical (unpaired) electrons. The Morgan fingerprint density at radius 2 is 1.91 bits per heavy atom. The number of nitrogens with zero attached hydrogens (tertiary/aromatic N) is 1. The number of rotatable bonds is 9. The number of carbonyl (C=O) groups excluding carboxylic acids is 3. The van der Waals surface area contributed by atoms with Crippen molar-refractivity contribution < 1.29 is 23.9 Å². The molecule has 1 heterocycles. The maximum absolute atomic E-state index is 13.1. The minimum Gasteiger partial charge on any atom is -0.438 e. The Hall–Kier alpha value is -3.39. The molecule has 2 aromatic carbocycles. The Bertz CT molecular complexity index is 960. The van der Waals surface area contributed by atoms with Gasteiger partial charge in [0.2, 0.25) is 11.8 Å². The first-order valence-electron chi connectivity index (χ1n) is 10.6. The summed E-state index contributed by atoms with van der Waals surface area (Å²) in [6, 6.07) is 13.9. The molecule has 1 fully saturated rings. The summed E-state index contributed by atoms with van der Waals surface area (Å²) < 4.78 is 10.5. The number of benzene rings is 2. The van der Waals surface area contributed by atoms with E-state index in [0.29, 0.717) is 17.8 Å². The highest BCUT2D eigenvalue weighted by atomic mass is 16.6. The summed E-state index contributed by atoms with van der Waals surface area (Å²) in [6.07, 6.45) is -0.582. The van der Waals surface area contributed by atoms with Crippen molar-refractivity contribution in [3.05, 3.63) is 65.2 Å². The summed E-state index contributed by atoms with van der Waals surface area (Å²) in [7, 11) is 1.44. The van der Waals surface area contributed by atoms with E-state index in [1.54, 1.807) is 24.3 Å². The van der Waals surface area contributed by atoms with Crippen molar-refractivity contribution >= 4 is 23.6 Å². The van der Waals surface area contributed by atoms with Crippen LogP contribution in [0.25, 0.3) is 0 Å². The van der Waals surface area contributed by atoms with Crippen LogP contribution in [0, 0.1) is 6.92 Å². The van der Waals surface area contributed by atoms with Gasteiger partial charge in [-0.15, -0.1) is 0 Å². The van der Waals surface area contributed by atoms with Gasteiger partial charge in [-0.2, -0.15) is 0 Å². The number of nitrogens with one attached hydrogen (secondary N) is 2. The van der Waals surface area contributed by atoms with Gasteiger partial charge in [0.25, 0.3) is 0 Å². The number of amides is 3. The van der Waals surface area contributed by atoms with E-state index in [1.807, 2.05) is 38.1 Å². The highest BCUT2D eigenvalue weighted by Gasteiger charge is 2.46. The number of anilines is 1. The van der Waals surface area contributed by atoms with Crippen molar-refractivity contribution in [3.63, 3.8) is 0 Å². The van der Waals surface area contributed by atoms with E-state index in [4.69, 9.17) is 9.47 Å². The normalized spacial score (nSPS) is 17.7. The fourth-order valence-electron chi connectivity index (χ4n) is 3.57. The van der Waals surface area contributed by atoms with Crippen LogP contribution in [0.4, 0.5) is 10.5 Å². The van der Waals surface area contributed by atoms with Crippen molar-refractivity contribution in [2.45, 2.75) is 39.0 Å². The van der Waals surface area contributed by atoms with Crippen molar-refractivity contribution in [3.8, 4) is 0 Å². The van der Waals surface area contributed by atoms with Crippen molar-refractivity contribution in [2.24, 2.45) is 0 Å². The molecule has 2 N–H and O–H groups in total. The van der Waals surface area contributed by atoms with E-state index < -0.39 is 18.2 Å². The lowest BCUT2D eigenvalue weighted by Gasteiger charge is -2.24. The third kappa shape index (κ3) is 5.64. The van der Waals surface area contributed by atoms with Gasteiger partial charge >= 0.3 is 6.09 Å².